The van der Waals surface area contributed by atoms with Crippen LogP contribution in [0.15, 0.2) is 73.2 Å². The molecule has 1 aromatic carbocycles. The molecule has 0 saturated carbocycles. The number of halogens is 1. The van der Waals surface area contributed by atoms with E-state index in [1.807, 2.05) is 41.3 Å². The number of pyridine rings is 3. The van der Waals surface area contributed by atoms with E-state index >= 15 is 0 Å². The zero-order valence-corrected chi connectivity index (χ0v) is 17.4. The number of hydrogen-bond donors (Lipinski definition) is 0. The van der Waals surface area contributed by atoms with Gasteiger partial charge >= 0.3 is 0 Å². The third kappa shape index (κ3) is 3.94. The maximum Gasteiger partial charge on any atom is 0.256 e. The Balaban J connectivity index is 1.55. The van der Waals surface area contributed by atoms with E-state index in [-0.39, 0.29) is 11.9 Å². The van der Waals surface area contributed by atoms with Crippen LogP contribution in [0.4, 0.5) is 0 Å². The normalized spacial score (nSPS) is 15.2. The number of aromatic nitrogens is 3. The van der Waals surface area contributed by atoms with Crippen molar-refractivity contribution in [3.05, 3.63) is 95.2 Å². The number of rotatable bonds is 4. The first-order valence-corrected chi connectivity index (χ1v) is 10.4. The Bertz CT molecular complexity index is 1250. The highest BCUT2D eigenvalue weighted by Crippen LogP contribution is 2.36. The third-order valence-electron chi connectivity index (χ3n) is 5.39. The minimum atomic E-state index is -0.208. The van der Waals surface area contributed by atoms with Gasteiger partial charge in [-0.1, -0.05) is 23.7 Å². The third-order valence-corrected chi connectivity index (χ3v) is 5.60. The number of fused-ring (bicyclic) bond motifs is 2. The van der Waals surface area contributed by atoms with E-state index in [0.717, 1.165) is 27.9 Å². The smallest absolute Gasteiger partial charge is 0.256 e. The van der Waals surface area contributed by atoms with Gasteiger partial charge in [0, 0.05) is 36.9 Å². The van der Waals surface area contributed by atoms with Crippen LogP contribution in [0.25, 0.3) is 10.9 Å². The Kier molecular flexibility index (Phi) is 5.22. The van der Waals surface area contributed by atoms with Gasteiger partial charge < -0.3 is 9.64 Å². The van der Waals surface area contributed by atoms with Crippen LogP contribution in [0.5, 0.6) is 5.75 Å². The summed E-state index contributed by atoms with van der Waals surface area (Å²) in [6.45, 7) is 0.924. The summed E-state index contributed by atoms with van der Waals surface area (Å²) < 4.78 is 5.77. The van der Waals surface area contributed by atoms with Crippen LogP contribution < -0.4 is 4.74 Å². The Morgan fingerprint density at radius 3 is 2.87 bits per heavy atom. The molecule has 0 radical (unpaired) electrons. The van der Waals surface area contributed by atoms with Gasteiger partial charge in [-0.3, -0.25) is 14.8 Å². The standard InChI is InChI=1S/C24H19ClN4O2/c25-22-8-7-17-6-5-16(13-19(17)28-22)15-29(24(30)18-3-1-10-26-14-18)20-9-12-31-21-4-2-11-27-23(20)21/h1-8,10-11,13-14,20H,9,12,15H2. The van der Waals surface area contributed by atoms with Gasteiger partial charge in [0.1, 0.15) is 16.6 Å². The zero-order chi connectivity index (χ0) is 21.2. The summed E-state index contributed by atoms with van der Waals surface area (Å²) in [5.74, 6) is 0.616. The highest BCUT2D eigenvalue weighted by atomic mass is 35.5. The highest BCUT2D eigenvalue weighted by Gasteiger charge is 2.32. The maximum absolute atomic E-state index is 13.6. The van der Waals surface area contributed by atoms with Crippen molar-refractivity contribution < 1.29 is 9.53 Å². The lowest BCUT2D eigenvalue weighted by atomic mass is 10.0. The molecule has 0 spiro atoms. The Morgan fingerprint density at radius 1 is 1.13 bits per heavy atom. The zero-order valence-electron chi connectivity index (χ0n) is 16.6. The lowest BCUT2D eigenvalue weighted by Crippen LogP contribution is -2.37. The molecule has 0 N–H and O–H groups in total. The fourth-order valence-electron chi connectivity index (χ4n) is 3.91. The second kappa shape index (κ2) is 8.32. The molecule has 154 valence electrons. The van der Waals surface area contributed by atoms with Crippen molar-refractivity contribution in [3.8, 4) is 5.75 Å². The van der Waals surface area contributed by atoms with E-state index in [1.165, 1.54) is 0 Å². The average molecular weight is 431 g/mol. The van der Waals surface area contributed by atoms with Gasteiger partial charge in [-0.15, -0.1) is 0 Å². The molecule has 4 heterocycles. The second-order valence-electron chi connectivity index (χ2n) is 7.38. The van der Waals surface area contributed by atoms with Crippen LogP contribution in [-0.4, -0.2) is 32.4 Å². The van der Waals surface area contributed by atoms with Crippen molar-refractivity contribution >= 4 is 28.4 Å². The lowest BCUT2D eigenvalue weighted by molar-refractivity contribution is 0.0594. The summed E-state index contributed by atoms with van der Waals surface area (Å²) in [6.07, 6.45) is 5.64. The van der Waals surface area contributed by atoms with E-state index in [2.05, 4.69) is 15.0 Å². The minimum Gasteiger partial charge on any atom is -0.491 e. The highest BCUT2D eigenvalue weighted by molar-refractivity contribution is 6.29. The summed E-state index contributed by atoms with van der Waals surface area (Å²) in [5.41, 5.74) is 3.06. The largest absolute Gasteiger partial charge is 0.491 e. The molecule has 0 aliphatic carbocycles. The van der Waals surface area contributed by atoms with Crippen molar-refractivity contribution in [2.45, 2.75) is 19.0 Å². The van der Waals surface area contributed by atoms with Gasteiger partial charge in [0.2, 0.25) is 0 Å². The molecule has 1 atom stereocenters. The number of hydrogen-bond acceptors (Lipinski definition) is 5. The lowest BCUT2D eigenvalue weighted by Gasteiger charge is -2.35. The van der Waals surface area contributed by atoms with E-state index < -0.39 is 0 Å². The Labute approximate surface area is 184 Å². The molecule has 4 aromatic rings. The fourth-order valence-corrected chi connectivity index (χ4v) is 4.06. The minimum absolute atomic E-state index is 0.101. The van der Waals surface area contributed by atoms with Crippen LogP contribution in [0.1, 0.15) is 34.1 Å². The monoisotopic (exact) mass is 430 g/mol. The topological polar surface area (TPSA) is 68.2 Å². The number of carbonyl (C=O) groups is 1. The molecule has 1 amide bonds. The van der Waals surface area contributed by atoms with E-state index in [1.54, 1.807) is 36.8 Å². The second-order valence-corrected chi connectivity index (χ2v) is 7.76. The molecule has 0 saturated heterocycles. The summed E-state index contributed by atoms with van der Waals surface area (Å²) in [4.78, 5) is 28.5. The summed E-state index contributed by atoms with van der Waals surface area (Å²) in [5, 5.41) is 1.44. The molecule has 1 unspecified atom stereocenters. The number of carbonyl (C=O) groups excluding carboxylic acids is 1. The molecule has 0 bridgehead atoms. The van der Waals surface area contributed by atoms with Crippen molar-refractivity contribution in [1.29, 1.82) is 0 Å². The van der Waals surface area contributed by atoms with E-state index in [4.69, 9.17) is 16.3 Å². The van der Waals surface area contributed by atoms with Crippen LogP contribution >= 0.6 is 11.6 Å². The molecule has 31 heavy (non-hydrogen) atoms. The molecule has 7 heteroatoms. The van der Waals surface area contributed by atoms with E-state index in [9.17, 15) is 4.79 Å². The maximum atomic E-state index is 13.6. The summed E-state index contributed by atoms with van der Waals surface area (Å²) >= 11 is 6.08. The van der Waals surface area contributed by atoms with Gasteiger partial charge in [0.25, 0.3) is 5.91 Å². The summed E-state index contributed by atoms with van der Waals surface area (Å²) in [6, 6.07) is 16.8. The molecule has 3 aromatic heterocycles. The van der Waals surface area contributed by atoms with Crippen molar-refractivity contribution in [3.63, 3.8) is 0 Å². The molecule has 6 nitrogen and oxygen atoms in total. The average Bonchev–Trinajstić information content (AvgIpc) is 2.82. The fraction of sp³-hybridized carbons (Fsp3) is 0.167. The quantitative estimate of drug-likeness (QED) is 0.433. The molecular formula is C24H19ClN4O2. The number of amides is 1. The molecule has 5 rings (SSSR count). The summed E-state index contributed by atoms with van der Waals surface area (Å²) in [7, 11) is 0. The number of ether oxygens (including phenoxy) is 1. The molecule has 0 fully saturated rings. The SMILES string of the molecule is O=C(c1cccnc1)N(Cc1ccc2ccc(Cl)nc2c1)C1CCOc2cccnc21. The van der Waals surface area contributed by atoms with Crippen molar-refractivity contribution in [2.75, 3.05) is 6.61 Å². The van der Waals surface area contributed by atoms with Crippen LogP contribution in [-0.2, 0) is 6.54 Å². The van der Waals surface area contributed by atoms with Crippen LogP contribution in [0.3, 0.4) is 0 Å². The molecule has 1 aliphatic heterocycles. The number of benzene rings is 1. The Hall–Kier alpha value is -3.51. The first-order valence-electron chi connectivity index (χ1n) is 10.0. The molecular weight excluding hydrogens is 412 g/mol. The van der Waals surface area contributed by atoms with Gasteiger partial charge in [-0.05, 0) is 48.0 Å². The van der Waals surface area contributed by atoms with E-state index in [0.29, 0.717) is 30.3 Å². The first-order chi connectivity index (χ1) is 15.2. The van der Waals surface area contributed by atoms with Crippen molar-refractivity contribution in [1.82, 2.24) is 19.9 Å². The van der Waals surface area contributed by atoms with Gasteiger partial charge in [-0.2, -0.15) is 0 Å². The van der Waals surface area contributed by atoms with Gasteiger partial charge in [-0.25, -0.2) is 4.98 Å². The molecule has 1 aliphatic rings. The predicted molar refractivity (Wildman–Crippen MR) is 118 cm³/mol. The van der Waals surface area contributed by atoms with Gasteiger partial charge in [0.05, 0.1) is 23.7 Å². The predicted octanol–water partition coefficient (Wildman–Crippen LogP) is 4.84. The number of nitrogens with zero attached hydrogens (tertiary/aromatic N) is 4. The van der Waals surface area contributed by atoms with Gasteiger partial charge in [0.15, 0.2) is 0 Å². The van der Waals surface area contributed by atoms with Crippen molar-refractivity contribution in [2.24, 2.45) is 0 Å². The van der Waals surface area contributed by atoms with Crippen LogP contribution in [0, 0.1) is 0 Å². The first kappa shape index (κ1) is 19.5. The van der Waals surface area contributed by atoms with Crippen LogP contribution in [0.2, 0.25) is 5.15 Å². The Morgan fingerprint density at radius 2 is 2.00 bits per heavy atom.